The lowest BCUT2D eigenvalue weighted by atomic mass is 9.96. The highest BCUT2D eigenvalue weighted by Crippen LogP contribution is 2.33. The topological polar surface area (TPSA) is 47.9 Å². The minimum absolute atomic E-state index is 0.333. The van der Waals surface area contributed by atoms with Crippen LogP contribution in [0.1, 0.15) is 27.0 Å². The van der Waals surface area contributed by atoms with Gasteiger partial charge in [0.2, 0.25) is 0 Å². The van der Waals surface area contributed by atoms with Crippen LogP contribution in [0.3, 0.4) is 0 Å². The maximum absolute atomic E-state index is 11.8. The van der Waals surface area contributed by atoms with Crippen LogP contribution in [-0.4, -0.2) is 25.4 Å². The fraction of sp³-hybridized carbons (Fsp3) is 0.167. The smallest absolute Gasteiger partial charge is 0.337 e. The lowest BCUT2D eigenvalue weighted by Crippen LogP contribution is -2.16. The Balaban J connectivity index is 1.65. The van der Waals surface area contributed by atoms with E-state index >= 15 is 0 Å². The van der Waals surface area contributed by atoms with Gasteiger partial charge in [-0.2, -0.15) is 0 Å². The number of ether oxygens (including phenoxy) is 2. The summed E-state index contributed by atoms with van der Waals surface area (Å²) >= 11 is 0. The second-order valence-electron chi connectivity index (χ2n) is 6.92. The Kier molecular flexibility index (Phi) is 4.70. The van der Waals surface area contributed by atoms with Crippen LogP contribution in [0.4, 0.5) is 5.69 Å². The van der Waals surface area contributed by atoms with Crippen LogP contribution < -0.4 is 4.74 Å². The number of nitrogens with zero attached hydrogens (tertiary/aromatic N) is 1. The molecule has 0 unspecified atom stereocenters. The molecule has 4 heteroatoms. The number of fused-ring (bicyclic) bond motifs is 1. The highest BCUT2D eigenvalue weighted by Gasteiger charge is 2.15. The quantitative estimate of drug-likeness (QED) is 0.589. The number of rotatable bonds is 3. The molecule has 0 N–H and O–H groups in total. The first-order chi connectivity index (χ1) is 13.5. The average Bonchev–Trinajstić information content (AvgIpc) is 2.73. The maximum Gasteiger partial charge on any atom is 0.337 e. The van der Waals surface area contributed by atoms with Gasteiger partial charge in [-0.3, -0.25) is 0 Å². The molecule has 1 aliphatic rings. The van der Waals surface area contributed by atoms with Gasteiger partial charge in [0.15, 0.2) is 0 Å². The molecule has 0 aromatic heterocycles. The molecule has 4 rings (SSSR count). The molecule has 0 bridgehead atoms. The molecule has 0 fully saturated rings. The number of aryl methyl sites for hydroxylation is 2. The first-order valence-corrected chi connectivity index (χ1v) is 9.16. The van der Waals surface area contributed by atoms with E-state index in [0.29, 0.717) is 12.2 Å². The Morgan fingerprint density at radius 1 is 0.964 bits per heavy atom. The van der Waals surface area contributed by atoms with Crippen molar-refractivity contribution in [2.24, 2.45) is 4.99 Å². The predicted molar refractivity (Wildman–Crippen MR) is 111 cm³/mol. The zero-order valence-corrected chi connectivity index (χ0v) is 16.2. The molecular weight excluding hydrogens is 350 g/mol. The van der Waals surface area contributed by atoms with E-state index in [1.165, 1.54) is 7.11 Å². The van der Waals surface area contributed by atoms with Gasteiger partial charge in [0, 0.05) is 0 Å². The number of hydrogen-bond acceptors (Lipinski definition) is 4. The summed E-state index contributed by atoms with van der Waals surface area (Å²) < 4.78 is 10.7. The minimum atomic E-state index is -0.333. The summed E-state index contributed by atoms with van der Waals surface area (Å²) in [6, 6.07) is 19.8. The van der Waals surface area contributed by atoms with E-state index in [2.05, 4.69) is 0 Å². The molecule has 0 atom stereocenters. The molecule has 140 valence electrons. The van der Waals surface area contributed by atoms with Crippen LogP contribution in [0.15, 0.2) is 65.7 Å². The summed E-state index contributed by atoms with van der Waals surface area (Å²) in [6.45, 7) is 4.52. The van der Waals surface area contributed by atoms with Gasteiger partial charge in [0.1, 0.15) is 18.0 Å². The largest absolute Gasteiger partial charge is 0.485 e. The normalized spacial score (nSPS) is 12.6. The summed E-state index contributed by atoms with van der Waals surface area (Å²) in [5.74, 6) is 0.496. The molecule has 3 aromatic rings. The van der Waals surface area contributed by atoms with Crippen molar-refractivity contribution in [3.63, 3.8) is 0 Å². The van der Waals surface area contributed by atoms with E-state index in [0.717, 1.165) is 45.0 Å². The molecule has 1 aliphatic heterocycles. The lowest BCUT2D eigenvalue weighted by molar-refractivity contribution is 0.0601. The Hall–Kier alpha value is -3.40. The van der Waals surface area contributed by atoms with Crippen molar-refractivity contribution < 1.29 is 14.3 Å². The summed E-state index contributed by atoms with van der Waals surface area (Å²) in [4.78, 5) is 16.6. The zero-order chi connectivity index (χ0) is 19.7. The molecule has 0 saturated carbocycles. The van der Waals surface area contributed by atoms with Gasteiger partial charge in [-0.15, -0.1) is 0 Å². The van der Waals surface area contributed by atoms with Crippen molar-refractivity contribution >= 4 is 17.4 Å². The van der Waals surface area contributed by atoms with E-state index < -0.39 is 0 Å². The molecule has 1 heterocycles. The summed E-state index contributed by atoms with van der Waals surface area (Å²) in [6.07, 6.45) is 0. The molecule has 0 spiro atoms. The van der Waals surface area contributed by atoms with E-state index in [-0.39, 0.29) is 5.97 Å². The van der Waals surface area contributed by atoms with E-state index in [9.17, 15) is 4.79 Å². The lowest BCUT2D eigenvalue weighted by Gasteiger charge is -2.18. The van der Waals surface area contributed by atoms with E-state index in [1.54, 1.807) is 6.07 Å². The van der Waals surface area contributed by atoms with Gasteiger partial charge in [-0.25, -0.2) is 9.79 Å². The molecule has 0 aliphatic carbocycles. The summed E-state index contributed by atoms with van der Waals surface area (Å²) in [7, 11) is 1.39. The van der Waals surface area contributed by atoms with Crippen LogP contribution >= 0.6 is 0 Å². The van der Waals surface area contributed by atoms with Crippen LogP contribution in [-0.2, 0) is 4.74 Å². The number of hydrogen-bond donors (Lipinski definition) is 0. The predicted octanol–water partition coefficient (Wildman–Crippen LogP) is 5.27. The second-order valence-corrected chi connectivity index (χ2v) is 6.92. The Morgan fingerprint density at radius 2 is 1.71 bits per heavy atom. The third-order valence-corrected chi connectivity index (χ3v) is 4.92. The van der Waals surface area contributed by atoms with Gasteiger partial charge in [0.05, 0.1) is 18.4 Å². The third kappa shape index (κ3) is 3.41. The van der Waals surface area contributed by atoms with Gasteiger partial charge in [-0.1, -0.05) is 36.4 Å². The van der Waals surface area contributed by atoms with Gasteiger partial charge >= 0.3 is 5.97 Å². The monoisotopic (exact) mass is 371 g/mol. The fourth-order valence-corrected chi connectivity index (χ4v) is 3.32. The van der Waals surface area contributed by atoms with Crippen molar-refractivity contribution in [2.75, 3.05) is 13.7 Å². The van der Waals surface area contributed by atoms with Crippen molar-refractivity contribution in [1.29, 1.82) is 0 Å². The maximum atomic E-state index is 11.8. The number of esters is 1. The number of methoxy groups -OCH3 is 1. The SMILES string of the molecule is COC(=O)c1ccc(C)c(-c2ccc(C3=Nc4ccc(C)cc4OC3)cc2)c1. The zero-order valence-electron chi connectivity index (χ0n) is 16.2. The summed E-state index contributed by atoms with van der Waals surface area (Å²) in [5, 5.41) is 0. The van der Waals surface area contributed by atoms with Crippen molar-refractivity contribution in [1.82, 2.24) is 0 Å². The average molecular weight is 371 g/mol. The number of carbonyl (C=O) groups excluding carboxylic acids is 1. The van der Waals surface area contributed by atoms with E-state index in [1.807, 2.05) is 68.4 Å². The second kappa shape index (κ2) is 7.31. The number of aliphatic imine (C=N–C) groups is 1. The van der Waals surface area contributed by atoms with Crippen molar-refractivity contribution in [3.05, 3.63) is 82.9 Å². The summed E-state index contributed by atoms with van der Waals surface area (Å²) in [5.41, 5.74) is 7.65. The Bertz CT molecular complexity index is 1080. The molecule has 28 heavy (non-hydrogen) atoms. The Morgan fingerprint density at radius 3 is 2.46 bits per heavy atom. The molecule has 0 amide bonds. The first kappa shape index (κ1) is 18.0. The Labute approximate surface area is 164 Å². The van der Waals surface area contributed by atoms with Crippen LogP contribution in [0.2, 0.25) is 0 Å². The number of benzene rings is 3. The molecule has 0 saturated heterocycles. The highest BCUT2D eigenvalue weighted by molar-refractivity contribution is 6.04. The van der Waals surface area contributed by atoms with Crippen molar-refractivity contribution in [3.8, 4) is 16.9 Å². The standard InChI is InChI=1S/C24H21NO3/c1-15-4-11-21-23(12-15)28-14-22(25-21)18-9-7-17(8-10-18)20-13-19(24(26)27-3)6-5-16(20)2/h4-13H,14H2,1-3H3. The first-order valence-electron chi connectivity index (χ1n) is 9.16. The van der Waals surface area contributed by atoms with Gasteiger partial charge < -0.3 is 9.47 Å². The molecule has 3 aromatic carbocycles. The molecule has 0 radical (unpaired) electrons. The van der Waals surface area contributed by atoms with Crippen LogP contribution in [0, 0.1) is 13.8 Å². The highest BCUT2D eigenvalue weighted by atomic mass is 16.5. The van der Waals surface area contributed by atoms with Crippen LogP contribution in [0.5, 0.6) is 5.75 Å². The molecule has 4 nitrogen and oxygen atoms in total. The van der Waals surface area contributed by atoms with Gasteiger partial charge in [0.25, 0.3) is 0 Å². The van der Waals surface area contributed by atoms with E-state index in [4.69, 9.17) is 14.5 Å². The molecular formula is C24H21NO3. The van der Waals surface area contributed by atoms with Gasteiger partial charge in [-0.05, 0) is 65.9 Å². The fourth-order valence-electron chi connectivity index (χ4n) is 3.32. The van der Waals surface area contributed by atoms with Crippen LogP contribution in [0.25, 0.3) is 11.1 Å². The van der Waals surface area contributed by atoms with Crippen molar-refractivity contribution in [2.45, 2.75) is 13.8 Å². The number of carbonyl (C=O) groups is 1. The minimum Gasteiger partial charge on any atom is -0.485 e. The third-order valence-electron chi connectivity index (χ3n) is 4.92.